The Bertz CT molecular complexity index is 900. The minimum atomic E-state index is -0.506. The van der Waals surface area contributed by atoms with Crippen LogP contribution >= 0.6 is 0 Å². The van der Waals surface area contributed by atoms with E-state index in [9.17, 15) is 9.18 Å². The molecule has 5 heteroatoms. The maximum Gasteiger partial charge on any atom is 0.165 e. The van der Waals surface area contributed by atoms with Crippen molar-refractivity contribution >= 4 is 16.8 Å². The zero-order valence-electron chi connectivity index (χ0n) is 13.2. The van der Waals surface area contributed by atoms with Gasteiger partial charge in [-0.05, 0) is 42.8 Å². The fourth-order valence-corrected chi connectivity index (χ4v) is 3.24. The van der Waals surface area contributed by atoms with E-state index >= 15 is 0 Å². The standard InChI is InChI=1S/C19H17FN2O2/c20-10-12-24-14-8-6-13(7-9-14)19-21-16-4-1-3-15-17(23)5-2-11-22(19)18(15)16/h1,3-4,6-9H,2,5,10-12H2. The molecule has 2 heterocycles. The highest BCUT2D eigenvalue weighted by molar-refractivity contribution is 6.07. The summed E-state index contributed by atoms with van der Waals surface area (Å²) in [7, 11) is 0. The monoisotopic (exact) mass is 324 g/mol. The molecule has 0 radical (unpaired) electrons. The van der Waals surface area contributed by atoms with Gasteiger partial charge >= 0.3 is 0 Å². The maximum atomic E-state index is 12.3. The minimum absolute atomic E-state index is 0.0589. The molecule has 0 saturated heterocycles. The van der Waals surface area contributed by atoms with Crippen LogP contribution in [0.15, 0.2) is 42.5 Å². The van der Waals surface area contributed by atoms with Gasteiger partial charge in [-0.2, -0.15) is 0 Å². The van der Waals surface area contributed by atoms with Crippen molar-refractivity contribution in [3.8, 4) is 17.1 Å². The van der Waals surface area contributed by atoms with Crippen molar-refractivity contribution in [2.45, 2.75) is 19.4 Å². The predicted octanol–water partition coefficient (Wildman–Crippen LogP) is 4.03. The van der Waals surface area contributed by atoms with Gasteiger partial charge in [-0.25, -0.2) is 9.37 Å². The highest BCUT2D eigenvalue weighted by Crippen LogP contribution is 2.31. The molecule has 0 aliphatic carbocycles. The highest BCUT2D eigenvalue weighted by atomic mass is 19.1. The van der Waals surface area contributed by atoms with Crippen molar-refractivity contribution in [1.82, 2.24) is 9.55 Å². The Morgan fingerprint density at radius 3 is 2.79 bits per heavy atom. The normalized spacial score (nSPS) is 14.0. The number of hydrogen-bond donors (Lipinski definition) is 0. The SMILES string of the molecule is O=C1CCCn2c(-c3ccc(OCCF)cc3)nc3cccc1c32. The first-order chi connectivity index (χ1) is 11.8. The van der Waals surface area contributed by atoms with Crippen molar-refractivity contribution in [2.75, 3.05) is 13.3 Å². The van der Waals surface area contributed by atoms with Crippen LogP contribution in [0.2, 0.25) is 0 Å². The summed E-state index contributed by atoms with van der Waals surface area (Å²) in [6, 6.07) is 13.2. The van der Waals surface area contributed by atoms with Gasteiger partial charge in [-0.15, -0.1) is 0 Å². The van der Waals surface area contributed by atoms with E-state index in [1.807, 2.05) is 42.5 Å². The topological polar surface area (TPSA) is 44.1 Å². The Hall–Kier alpha value is -2.69. The molecule has 0 atom stereocenters. The van der Waals surface area contributed by atoms with Crippen LogP contribution < -0.4 is 4.74 Å². The number of hydrogen-bond acceptors (Lipinski definition) is 3. The van der Waals surface area contributed by atoms with Gasteiger partial charge in [0.2, 0.25) is 0 Å². The van der Waals surface area contributed by atoms with E-state index in [1.54, 1.807) is 0 Å². The van der Waals surface area contributed by atoms with E-state index in [0.29, 0.717) is 12.2 Å². The second-order valence-electron chi connectivity index (χ2n) is 5.85. The summed E-state index contributed by atoms with van der Waals surface area (Å²) in [4.78, 5) is 17.0. The van der Waals surface area contributed by atoms with E-state index in [-0.39, 0.29) is 12.4 Å². The third-order valence-electron chi connectivity index (χ3n) is 4.31. The second kappa shape index (κ2) is 6.07. The third-order valence-corrected chi connectivity index (χ3v) is 4.31. The number of halogens is 1. The third kappa shape index (κ3) is 2.46. The molecular weight excluding hydrogens is 307 g/mol. The minimum Gasteiger partial charge on any atom is -0.491 e. The van der Waals surface area contributed by atoms with Crippen LogP contribution in [0.3, 0.4) is 0 Å². The van der Waals surface area contributed by atoms with Gasteiger partial charge in [0.05, 0.1) is 11.0 Å². The molecule has 1 aliphatic heterocycles. The molecule has 122 valence electrons. The number of carbonyl (C=O) groups excluding carboxylic acids is 1. The Morgan fingerprint density at radius 1 is 1.17 bits per heavy atom. The van der Waals surface area contributed by atoms with Crippen LogP contribution in [-0.2, 0) is 6.54 Å². The molecule has 0 amide bonds. The summed E-state index contributed by atoms with van der Waals surface area (Å²) < 4.78 is 19.6. The molecule has 4 nitrogen and oxygen atoms in total. The maximum absolute atomic E-state index is 12.3. The lowest BCUT2D eigenvalue weighted by molar-refractivity contribution is 0.0982. The van der Waals surface area contributed by atoms with Crippen molar-refractivity contribution in [3.63, 3.8) is 0 Å². The molecule has 0 saturated carbocycles. The van der Waals surface area contributed by atoms with Crippen molar-refractivity contribution in [1.29, 1.82) is 0 Å². The number of aromatic nitrogens is 2. The smallest absolute Gasteiger partial charge is 0.165 e. The Morgan fingerprint density at radius 2 is 2.00 bits per heavy atom. The number of alkyl halides is 1. The lowest BCUT2D eigenvalue weighted by atomic mass is 10.1. The first kappa shape index (κ1) is 14.9. The number of benzene rings is 2. The number of ketones is 1. The van der Waals surface area contributed by atoms with Gasteiger partial charge < -0.3 is 9.30 Å². The van der Waals surface area contributed by atoms with Crippen molar-refractivity contribution in [2.24, 2.45) is 0 Å². The molecule has 3 aromatic rings. The summed E-state index contributed by atoms with van der Waals surface area (Å²) in [5, 5.41) is 0. The summed E-state index contributed by atoms with van der Waals surface area (Å²) in [6.45, 7) is 0.326. The van der Waals surface area contributed by atoms with Crippen molar-refractivity contribution < 1.29 is 13.9 Å². The predicted molar refractivity (Wildman–Crippen MR) is 90.2 cm³/mol. The van der Waals surface area contributed by atoms with E-state index in [1.165, 1.54) is 0 Å². The van der Waals surface area contributed by atoms with Crippen LogP contribution in [0.5, 0.6) is 5.75 Å². The van der Waals surface area contributed by atoms with E-state index in [0.717, 1.165) is 41.0 Å². The number of rotatable bonds is 4. The Kier molecular flexibility index (Phi) is 3.76. The first-order valence-electron chi connectivity index (χ1n) is 8.09. The van der Waals surface area contributed by atoms with E-state index < -0.39 is 6.67 Å². The summed E-state index contributed by atoms with van der Waals surface area (Å²) in [5.41, 5.74) is 3.48. The molecule has 0 bridgehead atoms. The van der Waals surface area contributed by atoms with Crippen LogP contribution in [0.1, 0.15) is 23.2 Å². The number of ether oxygens (including phenoxy) is 1. The number of nitrogens with zero attached hydrogens (tertiary/aromatic N) is 2. The molecule has 0 unspecified atom stereocenters. The summed E-state index contributed by atoms with van der Waals surface area (Å²) in [6.07, 6.45) is 1.37. The van der Waals surface area contributed by atoms with Gasteiger partial charge in [0, 0.05) is 24.1 Å². The van der Waals surface area contributed by atoms with Gasteiger partial charge in [0.25, 0.3) is 0 Å². The van der Waals surface area contributed by atoms with E-state index in [2.05, 4.69) is 4.57 Å². The summed E-state index contributed by atoms with van der Waals surface area (Å²) >= 11 is 0. The van der Waals surface area contributed by atoms with Gasteiger partial charge in [-0.1, -0.05) is 6.07 Å². The molecule has 0 fully saturated rings. The highest BCUT2D eigenvalue weighted by Gasteiger charge is 2.21. The van der Waals surface area contributed by atoms with Crippen LogP contribution in [0.4, 0.5) is 4.39 Å². The fourth-order valence-electron chi connectivity index (χ4n) is 3.24. The average Bonchev–Trinajstić information content (AvgIpc) is 2.90. The zero-order chi connectivity index (χ0) is 16.5. The average molecular weight is 324 g/mol. The molecule has 2 aromatic carbocycles. The molecular formula is C19H17FN2O2. The fraction of sp³-hybridized carbons (Fsp3) is 0.263. The van der Waals surface area contributed by atoms with E-state index in [4.69, 9.17) is 9.72 Å². The molecule has 0 N–H and O–H groups in total. The number of aryl methyl sites for hydroxylation is 1. The van der Waals surface area contributed by atoms with Crippen LogP contribution in [0.25, 0.3) is 22.4 Å². The molecule has 4 rings (SSSR count). The number of para-hydroxylation sites is 1. The first-order valence-corrected chi connectivity index (χ1v) is 8.09. The lowest BCUT2D eigenvalue weighted by Gasteiger charge is -2.08. The Balaban J connectivity index is 1.81. The molecule has 24 heavy (non-hydrogen) atoms. The van der Waals surface area contributed by atoms with Crippen LogP contribution in [0, 0.1) is 0 Å². The lowest BCUT2D eigenvalue weighted by Crippen LogP contribution is -2.00. The molecule has 0 spiro atoms. The number of Topliss-reactive ketones (excluding diaryl/α,β-unsaturated/α-hetero) is 1. The van der Waals surface area contributed by atoms with Crippen molar-refractivity contribution in [3.05, 3.63) is 48.0 Å². The Labute approximate surface area is 138 Å². The number of carbonyl (C=O) groups is 1. The van der Waals surface area contributed by atoms with Gasteiger partial charge in [0.15, 0.2) is 5.78 Å². The van der Waals surface area contributed by atoms with Gasteiger partial charge in [-0.3, -0.25) is 4.79 Å². The largest absolute Gasteiger partial charge is 0.491 e. The van der Waals surface area contributed by atoms with Gasteiger partial charge in [0.1, 0.15) is 24.9 Å². The zero-order valence-corrected chi connectivity index (χ0v) is 13.2. The molecule has 1 aromatic heterocycles. The molecule has 1 aliphatic rings. The number of imidazole rings is 1. The second-order valence-corrected chi connectivity index (χ2v) is 5.85. The van der Waals surface area contributed by atoms with Crippen LogP contribution in [-0.4, -0.2) is 28.6 Å². The summed E-state index contributed by atoms with van der Waals surface area (Å²) in [5.74, 6) is 1.67. The quantitative estimate of drug-likeness (QED) is 0.728.